The van der Waals surface area contributed by atoms with Gasteiger partial charge in [-0.15, -0.1) is 0 Å². The number of esters is 1. The van der Waals surface area contributed by atoms with Crippen LogP contribution in [0.25, 0.3) is 0 Å². The molecule has 0 aliphatic rings. The number of anilines is 1. The first-order valence-corrected chi connectivity index (χ1v) is 10.2. The molecule has 0 fully saturated rings. The van der Waals surface area contributed by atoms with Crippen molar-refractivity contribution < 1.29 is 28.6 Å². The predicted octanol–water partition coefficient (Wildman–Crippen LogP) is 3.32. The molecule has 0 saturated heterocycles. The molecule has 0 saturated carbocycles. The van der Waals surface area contributed by atoms with Gasteiger partial charge in [-0.1, -0.05) is 18.2 Å². The monoisotopic (exact) mass is 461 g/mol. The van der Waals surface area contributed by atoms with E-state index in [4.69, 9.17) is 14.2 Å². The Bertz CT molecular complexity index is 1220. The van der Waals surface area contributed by atoms with Gasteiger partial charge in [0.1, 0.15) is 17.2 Å². The highest BCUT2D eigenvalue weighted by atomic mass is 16.5. The number of methoxy groups -OCH3 is 2. The number of carbonyl (C=O) groups excluding carboxylic acids is 3. The van der Waals surface area contributed by atoms with E-state index >= 15 is 0 Å². The van der Waals surface area contributed by atoms with Crippen LogP contribution in [0.2, 0.25) is 0 Å². The first-order chi connectivity index (χ1) is 16.4. The number of amides is 2. The molecule has 3 aromatic carbocycles. The second-order valence-electron chi connectivity index (χ2n) is 6.99. The number of ether oxygens (including phenoxy) is 3. The standard InChI is InChI=1S/C25H23N3O6/c1-16-6-4-5-7-20(16)25(31)34-18-10-8-17(9-11-18)15-26-28-24(30)23(29)27-21-13-12-19(32-2)14-22(21)33-3/h4-15H,1-3H3,(H,27,29)(H,28,30)/b26-15+. The van der Waals surface area contributed by atoms with Crippen LogP contribution in [0, 0.1) is 6.92 Å². The van der Waals surface area contributed by atoms with Gasteiger partial charge in [-0.3, -0.25) is 9.59 Å². The van der Waals surface area contributed by atoms with E-state index in [9.17, 15) is 14.4 Å². The molecule has 0 aromatic heterocycles. The molecule has 2 N–H and O–H groups in total. The predicted molar refractivity (Wildman–Crippen MR) is 126 cm³/mol. The van der Waals surface area contributed by atoms with Crippen LogP contribution in [0.15, 0.2) is 71.8 Å². The maximum atomic E-state index is 12.3. The molecular weight excluding hydrogens is 438 g/mol. The molecular formula is C25H23N3O6. The van der Waals surface area contributed by atoms with Crippen molar-refractivity contribution in [1.82, 2.24) is 5.43 Å². The van der Waals surface area contributed by atoms with Crippen LogP contribution in [-0.2, 0) is 9.59 Å². The van der Waals surface area contributed by atoms with Crippen LogP contribution in [0.3, 0.4) is 0 Å². The molecule has 3 rings (SSSR count). The van der Waals surface area contributed by atoms with Crippen molar-refractivity contribution in [2.24, 2.45) is 5.10 Å². The van der Waals surface area contributed by atoms with Crippen molar-refractivity contribution in [2.45, 2.75) is 6.92 Å². The topological polar surface area (TPSA) is 115 Å². The lowest BCUT2D eigenvalue weighted by molar-refractivity contribution is -0.136. The molecule has 3 aromatic rings. The second kappa shape index (κ2) is 11.3. The van der Waals surface area contributed by atoms with Crippen molar-refractivity contribution in [1.29, 1.82) is 0 Å². The lowest BCUT2D eigenvalue weighted by Gasteiger charge is -2.10. The molecule has 0 spiro atoms. The van der Waals surface area contributed by atoms with E-state index in [1.807, 2.05) is 19.1 Å². The van der Waals surface area contributed by atoms with Gasteiger partial charge in [-0.05, 0) is 60.5 Å². The summed E-state index contributed by atoms with van der Waals surface area (Å²) in [5.74, 6) is -1.09. The summed E-state index contributed by atoms with van der Waals surface area (Å²) in [6, 6.07) is 18.4. The Kier molecular flexibility index (Phi) is 7.96. The molecule has 0 aliphatic heterocycles. The average Bonchev–Trinajstić information content (AvgIpc) is 2.85. The lowest BCUT2D eigenvalue weighted by Crippen LogP contribution is -2.32. The minimum atomic E-state index is -0.960. The zero-order valence-corrected chi connectivity index (χ0v) is 18.8. The van der Waals surface area contributed by atoms with Crippen LogP contribution in [0.1, 0.15) is 21.5 Å². The van der Waals surface area contributed by atoms with E-state index in [1.54, 1.807) is 54.6 Å². The molecule has 0 unspecified atom stereocenters. The second-order valence-corrected chi connectivity index (χ2v) is 6.99. The van der Waals surface area contributed by atoms with Crippen molar-refractivity contribution in [2.75, 3.05) is 19.5 Å². The van der Waals surface area contributed by atoms with E-state index < -0.39 is 17.8 Å². The molecule has 0 bridgehead atoms. The van der Waals surface area contributed by atoms with E-state index in [-0.39, 0.29) is 0 Å². The van der Waals surface area contributed by atoms with Crippen molar-refractivity contribution >= 4 is 29.7 Å². The zero-order valence-electron chi connectivity index (χ0n) is 18.8. The molecule has 0 aliphatic carbocycles. The Labute approximate surface area is 196 Å². The van der Waals surface area contributed by atoms with Gasteiger partial charge in [-0.25, -0.2) is 10.2 Å². The quantitative estimate of drug-likeness (QED) is 0.183. The third-order valence-electron chi connectivity index (χ3n) is 4.70. The van der Waals surface area contributed by atoms with Crippen LogP contribution in [0.4, 0.5) is 5.69 Å². The van der Waals surface area contributed by atoms with Gasteiger partial charge in [0.2, 0.25) is 0 Å². The molecule has 174 valence electrons. The Hall–Kier alpha value is -4.66. The summed E-state index contributed by atoms with van der Waals surface area (Å²) in [5.41, 5.74) is 4.39. The summed E-state index contributed by atoms with van der Waals surface area (Å²) in [5, 5.41) is 6.23. The van der Waals surface area contributed by atoms with Gasteiger partial charge in [0, 0.05) is 6.07 Å². The highest BCUT2D eigenvalue weighted by Crippen LogP contribution is 2.28. The molecule has 0 heterocycles. The van der Waals surface area contributed by atoms with Crippen molar-refractivity contribution in [3.8, 4) is 17.2 Å². The first kappa shape index (κ1) is 24.0. The lowest BCUT2D eigenvalue weighted by atomic mass is 10.1. The van der Waals surface area contributed by atoms with E-state index in [0.29, 0.717) is 34.1 Å². The Morgan fingerprint density at radius 1 is 0.853 bits per heavy atom. The summed E-state index contributed by atoms with van der Waals surface area (Å²) < 4.78 is 15.7. The molecule has 0 atom stereocenters. The van der Waals surface area contributed by atoms with Crippen LogP contribution in [0.5, 0.6) is 17.2 Å². The number of benzene rings is 3. The number of hydrazone groups is 1. The van der Waals surface area contributed by atoms with Gasteiger partial charge in [0.15, 0.2) is 0 Å². The van der Waals surface area contributed by atoms with Gasteiger partial charge >= 0.3 is 17.8 Å². The molecule has 9 heteroatoms. The van der Waals surface area contributed by atoms with Gasteiger partial charge in [0.25, 0.3) is 0 Å². The number of hydrogen-bond donors (Lipinski definition) is 2. The summed E-state index contributed by atoms with van der Waals surface area (Å²) >= 11 is 0. The average molecular weight is 461 g/mol. The number of nitrogens with one attached hydrogen (secondary N) is 2. The van der Waals surface area contributed by atoms with E-state index in [0.717, 1.165) is 5.56 Å². The van der Waals surface area contributed by atoms with Crippen molar-refractivity contribution in [3.05, 3.63) is 83.4 Å². The SMILES string of the molecule is COc1ccc(NC(=O)C(=O)N/N=C/c2ccc(OC(=O)c3ccccc3C)cc2)c(OC)c1. The first-order valence-electron chi connectivity index (χ1n) is 10.2. The fourth-order valence-corrected chi connectivity index (χ4v) is 2.88. The van der Waals surface area contributed by atoms with E-state index in [2.05, 4.69) is 15.8 Å². The number of carbonyl (C=O) groups is 3. The number of aryl methyl sites for hydroxylation is 1. The smallest absolute Gasteiger partial charge is 0.343 e. The number of hydrogen-bond acceptors (Lipinski definition) is 7. The third kappa shape index (κ3) is 6.19. The summed E-state index contributed by atoms with van der Waals surface area (Å²) in [6.45, 7) is 1.83. The number of nitrogens with zero attached hydrogens (tertiary/aromatic N) is 1. The third-order valence-corrected chi connectivity index (χ3v) is 4.70. The maximum Gasteiger partial charge on any atom is 0.343 e. The minimum absolute atomic E-state index is 0.309. The van der Waals surface area contributed by atoms with E-state index in [1.165, 1.54) is 20.4 Å². The zero-order chi connectivity index (χ0) is 24.5. The molecule has 34 heavy (non-hydrogen) atoms. The van der Waals surface area contributed by atoms with Crippen LogP contribution < -0.4 is 25.0 Å². The Morgan fingerprint density at radius 3 is 2.24 bits per heavy atom. The van der Waals surface area contributed by atoms with Gasteiger partial charge < -0.3 is 19.5 Å². The normalized spacial score (nSPS) is 10.4. The summed E-state index contributed by atoms with van der Waals surface area (Å²) in [4.78, 5) is 36.5. The molecule has 0 radical (unpaired) electrons. The maximum absolute atomic E-state index is 12.3. The summed E-state index contributed by atoms with van der Waals surface area (Å²) in [6.07, 6.45) is 1.35. The molecule has 9 nitrogen and oxygen atoms in total. The highest BCUT2D eigenvalue weighted by molar-refractivity contribution is 6.39. The van der Waals surface area contributed by atoms with Crippen LogP contribution >= 0.6 is 0 Å². The highest BCUT2D eigenvalue weighted by Gasteiger charge is 2.16. The Balaban J connectivity index is 1.54. The van der Waals surface area contributed by atoms with Gasteiger partial charge in [0.05, 0.1) is 31.7 Å². The number of rotatable bonds is 7. The minimum Gasteiger partial charge on any atom is -0.497 e. The fraction of sp³-hybridized carbons (Fsp3) is 0.120. The summed E-state index contributed by atoms with van der Waals surface area (Å²) in [7, 11) is 2.94. The van der Waals surface area contributed by atoms with Crippen molar-refractivity contribution in [3.63, 3.8) is 0 Å². The Morgan fingerprint density at radius 2 is 1.56 bits per heavy atom. The van der Waals surface area contributed by atoms with Gasteiger partial charge in [-0.2, -0.15) is 5.10 Å². The molecule has 2 amide bonds. The van der Waals surface area contributed by atoms with Crippen LogP contribution in [-0.4, -0.2) is 38.2 Å². The largest absolute Gasteiger partial charge is 0.497 e. The fourth-order valence-electron chi connectivity index (χ4n) is 2.88.